The lowest BCUT2D eigenvalue weighted by Gasteiger charge is -2.13. The van der Waals surface area contributed by atoms with E-state index in [4.69, 9.17) is 15.5 Å². The van der Waals surface area contributed by atoms with Crippen LogP contribution in [0.1, 0.15) is 12.0 Å². The molecular formula is C12H11N3O5. The number of hydrogen-bond donors (Lipinski definition) is 4. The van der Waals surface area contributed by atoms with Crippen LogP contribution in [-0.2, 0) is 9.59 Å². The summed E-state index contributed by atoms with van der Waals surface area (Å²) in [4.78, 5) is 32.8. The number of rotatable bonds is 5. The molecule has 1 aromatic rings. The van der Waals surface area contributed by atoms with Gasteiger partial charge in [0, 0.05) is 5.69 Å². The van der Waals surface area contributed by atoms with Crippen molar-refractivity contribution in [3.05, 3.63) is 29.8 Å². The molecule has 4 N–H and O–H groups in total. The Morgan fingerprint density at radius 1 is 1.30 bits per heavy atom. The molecule has 8 nitrogen and oxygen atoms in total. The third-order valence-electron chi connectivity index (χ3n) is 2.23. The Kier molecular flexibility index (Phi) is 5.05. The Bertz CT molecular complexity index is 579. The number of urea groups is 1. The van der Waals surface area contributed by atoms with Gasteiger partial charge in [-0.15, -0.1) is 0 Å². The molecule has 0 bridgehead atoms. The molecule has 1 atom stereocenters. The number of anilines is 1. The Morgan fingerprint density at radius 2 is 2.00 bits per heavy atom. The van der Waals surface area contributed by atoms with E-state index >= 15 is 0 Å². The van der Waals surface area contributed by atoms with E-state index in [1.54, 1.807) is 6.07 Å². The molecule has 0 aliphatic rings. The highest BCUT2D eigenvalue weighted by Gasteiger charge is 2.22. The Hall–Kier alpha value is -3.08. The van der Waals surface area contributed by atoms with Crippen molar-refractivity contribution in [2.45, 2.75) is 12.5 Å². The quantitative estimate of drug-likeness (QED) is 0.621. The summed E-state index contributed by atoms with van der Waals surface area (Å²) in [5, 5.41) is 30.3. The minimum Gasteiger partial charge on any atom is -0.481 e. The number of nitrogens with one attached hydrogen (secondary N) is 2. The average molecular weight is 277 g/mol. The Morgan fingerprint density at radius 3 is 2.55 bits per heavy atom. The van der Waals surface area contributed by atoms with Gasteiger partial charge in [-0.1, -0.05) is 6.07 Å². The molecule has 1 rings (SSSR count). The van der Waals surface area contributed by atoms with Crippen LogP contribution in [-0.4, -0.2) is 34.2 Å². The van der Waals surface area contributed by atoms with Crippen LogP contribution in [0.4, 0.5) is 10.5 Å². The van der Waals surface area contributed by atoms with E-state index < -0.39 is 30.4 Å². The minimum absolute atomic E-state index is 0.293. The van der Waals surface area contributed by atoms with Gasteiger partial charge < -0.3 is 20.8 Å². The zero-order valence-corrected chi connectivity index (χ0v) is 10.2. The van der Waals surface area contributed by atoms with Gasteiger partial charge in [0.2, 0.25) is 0 Å². The zero-order chi connectivity index (χ0) is 15.1. The minimum atomic E-state index is -1.54. The predicted octanol–water partition coefficient (Wildman–Crippen LogP) is 0.608. The SMILES string of the molecule is N#Cc1cccc(NC(=O)N[C@@H](CC(=O)O)C(=O)O)c1. The summed E-state index contributed by atoms with van der Waals surface area (Å²) in [6, 6.07) is 5.46. The molecule has 0 aromatic heterocycles. The first-order valence-electron chi connectivity index (χ1n) is 5.44. The molecule has 2 amide bonds. The van der Waals surface area contributed by atoms with Crippen LogP contribution in [0.15, 0.2) is 24.3 Å². The number of nitrogens with zero attached hydrogens (tertiary/aromatic N) is 1. The van der Waals surface area contributed by atoms with Crippen molar-refractivity contribution in [2.75, 3.05) is 5.32 Å². The van der Waals surface area contributed by atoms with Crippen molar-refractivity contribution in [3.8, 4) is 6.07 Å². The number of carbonyl (C=O) groups is 3. The Balaban J connectivity index is 2.68. The molecule has 20 heavy (non-hydrogen) atoms. The average Bonchev–Trinajstić information content (AvgIpc) is 2.37. The molecule has 0 aliphatic heterocycles. The summed E-state index contributed by atoms with van der Waals surface area (Å²) in [7, 11) is 0. The second-order valence-corrected chi connectivity index (χ2v) is 3.78. The van der Waals surface area contributed by atoms with Crippen molar-refractivity contribution in [2.24, 2.45) is 0 Å². The van der Waals surface area contributed by atoms with E-state index in [0.717, 1.165) is 0 Å². The second kappa shape index (κ2) is 6.75. The monoisotopic (exact) mass is 277 g/mol. The fraction of sp³-hybridized carbons (Fsp3) is 0.167. The van der Waals surface area contributed by atoms with Crippen LogP contribution in [0.5, 0.6) is 0 Å². The molecule has 1 aromatic carbocycles. The topological polar surface area (TPSA) is 140 Å². The van der Waals surface area contributed by atoms with Crippen molar-refractivity contribution < 1.29 is 24.6 Å². The Labute approximate surface area is 113 Å². The van der Waals surface area contributed by atoms with Crippen LogP contribution in [0.25, 0.3) is 0 Å². The molecule has 0 spiro atoms. The maximum absolute atomic E-state index is 11.5. The van der Waals surface area contributed by atoms with Crippen LogP contribution < -0.4 is 10.6 Å². The van der Waals surface area contributed by atoms with Gasteiger partial charge in [-0.3, -0.25) is 4.79 Å². The van der Waals surface area contributed by atoms with E-state index in [1.165, 1.54) is 18.2 Å². The lowest BCUT2D eigenvalue weighted by atomic mass is 10.2. The number of carboxylic acid groups (broad SMARTS) is 2. The summed E-state index contributed by atoms with van der Waals surface area (Å²) >= 11 is 0. The number of benzene rings is 1. The van der Waals surface area contributed by atoms with E-state index in [2.05, 4.69) is 5.32 Å². The first kappa shape index (κ1) is 15.0. The number of amides is 2. The first-order chi connectivity index (χ1) is 9.42. The van der Waals surface area contributed by atoms with Gasteiger partial charge in [-0.05, 0) is 18.2 Å². The van der Waals surface area contributed by atoms with Crippen molar-refractivity contribution in [1.82, 2.24) is 5.32 Å². The third-order valence-corrected chi connectivity index (χ3v) is 2.23. The highest BCUT2D eigenvalue weighted by molar-refractivity contribution is 5.93. The van der Waals surface area contributed by atoms with Gasteiger partial charge in [0.05, 0.1) is 18.1 Å². The van der Waals surface area contributed by atoms with Crippen LogP contribution in [0.2, 0.25) is 0 Å². The number of carboxylic acids is 2. The number of hydrogen-bond acceptors (Lipinski definition) is 4. The lowest BCUT2D eigenvalue weighted by molar-refractivity contribution is -0.145. The number of nitriles is 1. The predicted molar refractivity (Wildman–Crippen MR) is 67.0 cm³/mol. The van der Waals surface area contributed by atoms with Gasteiger partial charge in [0.25, 0.3) is 0 Å². The number of aliphatic carboxylic acids is 2. The first-order valence-corrected chi connectivity index (χ1v) is 5.44. The van der Waals surface area contributed by atoms with Crippen molar-refractivity contribution in [1.29, 1.82) is 5.26 Å². The van der Waals surface area contributed by atoms with Gasteiger partial charge in [0.15, 0.2) is 0 Å². The highest BCUT2D eigenvalue weighted by atomic mass is 16.4. The summed E-state index contributed by atoms with van der Waals surface area (Å²) in [5.74, 6) is -2.79. The molecule has 104 valence electrons. The number of carbonyl (C=O) groups excluding carboxylic acids is 1. The zero-order valence-electron chi connectivity index (χ0n) is 10.2. The van der Waals surface area contributed by atoms with Gasteiger partial charge in [-0.2, -0.15) is 5.26 Å². The maximum Gasteiger partial charge on any atom is 0.326 e. The second-order valence-electron chi connectivity index (χ2n) is 3.78. The molecule has 0 radical (unpaired) electrons. The smallest absolute Gasteiger partial charge is 0.326 e. The molecule has 0 saturated heterocycles. The summed E-state index contributed by atoms with van der Waals surface area (Å²) in [5.41, 5.74) is 0.615. The van der Waals surface area contributed by atoms with E-state index in [0.29, 0.717) is 11.3 Å². The fourth-order valence-electron chi connectivity index (χ4n) is 1.37. The molecule has 0 saturated carbocycles. The van der Waals surface area contributed by atoms with Crippen molar-refractivity contribution >= 4 is 23.7 Å². The van der Waals surface area contributed by atoms with Gasteiger partial charge in [0.1, 0.15) is 6.04 Å². The van der Waals surface area contributed by atoms with E-state index in [9.17, 15) is 14.4 Å². The standard InChI is InChI=1S/C12H11N3O5/c13-6-7-2-1-3-8(4-7)14-12(20)15-9(11(18)19)5-10(16)17/h1-4,9H,5H2,(H,16,17)(H,18,19)(H2,14,15,20)/t9-/m0/s1. The highest BCUT2D eigenvalue weighted by Crippen LogP contribution is 2.09. The normalized spacial score (nSPS) is 10.9. The van der Waals surface area contributed by atoms with E-state index in [-0.39, 0.29) is 0 Å². The summed E-state index contributed by atoms with van der Waals surface area (Å²) in [6.07, 6.45) is -0.735. The summed E-state index contributed by atoms with van der Waals surface area (Å²) in [6.45, 7) is 0. The fourth-order valence-corrected chi connectivity index (χ4v) is 1.37. The van der Waals surface area contributed by atoms with Crippen LogP contribution in [0, 0.1) is 11.3 Å². The van der Waals surface area contributed by atoms with E-state index in [1.807, 2.05) is 11.4 Å². The molecule has 0 heterocycles. The van der Waals surface area contributed by atoms with Crippen LogP contribution in [0.3, 0.4) is 0 Å². The summed E-state index contributed by atoms with van der Waals surface area (Å²) < 4.78 is 0. The van der Waals surface area contributed by atoms with Crippen molar-refractivity contribution in [3.63, 3.8) is 0 Å². The maximum atomic E-state index is 11.5. The van der Waals surface area contributed by atoms with Gasteiger partial charge >= 0.3 is 18.0 Å². The lowest BCUT2D eigenvalue weighted by Crippen LogP contribution is -2.44. The molecule has 0 unspecified atom stereocenters. The third kappa shape index (κ3) is 4.66. The van der Waals surface area contributed by atoms with Gasteiger partial charge in [-0.25, -0.2) is 9.59 Å². The molecule has 0 fully saturated rings. The largest absolute Gasteiger partial charge is 0.481 e. The van der Waals surface area contributed by atoms with Crippen LogP contribution >= 0.6 is 0 Å². The molecule has 8 heteroatoms. The molecule has 0 aliphatic carbocycles. The molecular weight excluding hydrogens is 266 g/mol.